The van der Waals surface area contributed by atoms with Crippen molar-refractivity contribution in [2.24, 2.45) is 0 Å². The van der Waals surface area contributed by atoms with Crippen LogP contribution in [-0.4, -0.2) is 46.5 Å². The van der Waals surface area contributed by atoms with Crippen molar-refractivity contribution >= 4 is 11.9 Å². The molecule has 1 aliphatic rings. The lowest BCUT2D eigenvalue weighted by Gasteiger charge is -2.16. The Morgan fingerprint density at radius 2 is 1.47 bits per heavy atom. The lowest BCUT2D eigenvalue weighted by Crippen LogP contribution is -2.30. The van der Waals surface area contributed by atoms with Crippen LogP contribution in [0.1, 0.15) is 25.7 Å². The molecule has 0 unspecified atom stereocenters. The standard InChI is InChI=1S/C5H11NO.C4H6O4/c7-5-1-3-6-4-2-5;5-3(6)1-2-4(7)8/h5-7H,1-4H2;1-2H2,(H,5,6)(H,7,8). The Kier molecular flexibility index (Phi) is 7.57. The molecule has 1 saturated heterocycles. The fourth-order valence-electron chi connectivity index (χ4n) is 1.02. The zero-order valence-electron chi connectivity index (χ0n) is 8.48. The molecule has 6 nitrogen and oxygen atoms in total. The molecular weight excluding hydrogens is 202 g/mol. The third-order valence-corrected chi connectivity index (χ3v) is 1.86. The van der Waals surface area contributed by atoms with Gasteiger partial charge in [0.15, 0.2) is 0 Å². The van der Waals surface area contributed by atoms with Crippen molar-refractivity contribution in [3.8, 4) is 0 Å². The summed E-state index contributed by atoms with van der Waals surface area (Å²) in [6, 6.07) is 0. The average Bonchev–Trinajstić information content (AvgIpc) is 2.17. The number of aliphatic hydroxyl groups is 1. The van der Waals surface area contributed by atoms with Gasteiger partial charge in [-0.3, -0.25) is 9.59 Å². The Morgan fingerprint density at radius 1 is 1.07 bits per heavy atom. The largest absolute Gasteiger partial charge is 0.481 e. The van der Waals surface area contributed by atoms with Gasteiger partial charge in [-0.25, -0.2) is 0 Å². The predicted molar refractivity (Wildman–Crippen MR) is 52.6 cm³/mol. The predicted octanol–water partition coefficient (Wildman–Crippen LogP) is -0.334. The van der Waals surface area contributed by atoms with Crippen LogP contribution in [0.15, 0.2) is 0 Å². The zero-order chi connectivity index (χ0) is 11.7. The highest BCUT2D eigenvalue weighted by Crippen LogP contribution is 1.99. The van der Waals surface area contributed by atoms with Crippen molar-refractivity contribution < 1.29 is 24.9 Å². The molecule has 0 atom stereocenters. The van der Waals surface area contributed by atoms with Gasteiger partial charge in [-0.2, -0.15) is 0 Å². The molecule has 0 bridgehead atoms. The number of aliphatic carboxylic acids is 2. The van der Waals surface area contributed by atoms with Gasteiger partial charge in [0, 0.05) is 0 Å². The van der Waals surface area contributed by atoms with Gasteiger partial charge in [-0.1, -0.05) is 0 Å². The second kappa shape index (κ2) is 8.19. The van der Waals surface area contributed by atoms with Crippen LogP contribution in [0.5, 0.6) is 0 Å². The number of carboxylic acid groups (broad SMARTS) is 2. The van der Waals surface area contributed by atoms with Gasteiger partial charge < -0.3 is 20.6 Å². The van der Waals surface area contributed by atoms with E-state index < -0.39 is 11.9 Å². The van der Waals surface area contributed by atoms with Crippen molar-refractivity contribution in [3.05, 3.63) is 0 Å². The van der Waals surface area contributed by atoms with Crippen LogP contribution in [0.2, 0.25) is 0 Å². The topological polar surface area (TPSA) is 107 Å². The highest BCUT2D eigenvalue weighted by atomic mass is 16.4. The fraction of sp³-hybridized carbons (Fsp3) is 0.778. The van der Waals surface area contributed by atoms with E-state index in [0.29, 0.717) is 0 Å². The van der Waals surface area contributed by atoms with E-state index in [1.54, 1.807) is 0 Å². The summed E-state index contributed by atoms with van der Waals surface area (Å²) in [6.45, 7) is 1.97. The Morgan fingerprint density at radius 3 is 1.67 bits per heavy atom. The Hall–Kier alpha value is -1.14. The molecule has 4 N–H and O–H groups in total. The molecule has 15 heavy (non-hydrogen) atoms. The molecule has 0 amide bonds. The molecule has 88 valence electrons. The fourth-order valence-corrected chi connectivity index (χ4v) is 1.02. The number of piperidine rings is 1. The molecule has 1 rings (SSSR count). The molecule has 0 saturated carbocycles. The zero-order valence-corrected chi connectivity index (χ0v) is 8.48. The SMILES string of the molecule is O=C(O)CCC(=O)O.OC1CCNCC1. The summed E-state index contributed by atoms with van der Waals surface area (Å²) in [5.74, 6) is -2.15. The lowest BCUT2D eigenvalue weighted by molar-refractivity contribution is -0.143. The van der Waals surface area contributed by atoms with Gasteiger partial charge in [-0.15, -0.1) is 0 Å². The van der Waals surface area contributed by atoms with E-state index in [1.165, 1.54) is 0 Å². The number of carbonyl (C=O) groups is 2. The monoisotopic (exact) mass is 219 g/mol. The molecule has 6 heteroatoms. The second-order valence-electron chi connectivity index (χ2n) is 3.27. The Bertz CT molecular complexity index is 187. The third kappa shape index (κ3) is 10.8. The smallest absolute Gasteiger partial charge is 0.303 e. The van der Waals surface area contributed by atoms with Crippen LogP contribution >= 0.6 is 0 Å². The van der Waals surface area contributed by atoms with Crippen LogP contribution in [0, 0.1) is 0 Å². The second-order valence-corrected chi connectivity index (χ2v) is 3.27. The van der Waals surface area contributed by atoms with Gasteiger partial charge in [0.05, 0.1) is 18.9 Å². The molecule has 0 aromatic heterocycles. The summed E-state index contributed by atoms with van der Waals surface area (Å²) in [6.07, 6.45) is 1.24. The average molecular weight is 219 g/mol. The van der Waals surface area contributed by atoms with E-state index in [-0.39, 0.29) is 18.9 Å². The molecule has 0 aromatic carbocycles. The highest BCUT2D eigenvalue weighted by molar-refractivity contribution is 5.75. The van der Waals surface area contributed by atoms with Gasteiger partial charge in [-0.05, 0) is 25.9 Å². The van der Waals surface area contributed by atoms with Crippen LogP contribution < -0.4 is 5.32 Å². The van der Waals surface area contributed by atoms with Crippen molar-refractivity contribution in [3.63, 3.8) is 0 Å². The first-order valence-electron chi connectivity index (χ1n) is 4.84. The minimum absolute atomic E-state index is 0.0266. The number of carboxylic acids is 2. The number of aliphatic hydroxyl groups excluding tert-OH is 1. The number of nitrogens with one attached hydrogen (secondary N) is 1. The summed E-state index contributed by atoms with van der Waals surface area (Å²) in [5, 5.41) is 27.8. The third-order valence-electron chi connectivity index (χ3n) is 1.86. The van der Waals surface area contributed by atoms with E-state index in [0.717, 1.165) is 25.9 Å². The first-order chi connectivity index (χ1) is 7.02. The van der Waals surface area contributed by atoms with Gasteiger partial charge in [0.25, 0.3) is 0 Å². The molecular formula is C9H17NO5. The number of hydrogen-bond acceptors (Lipinski definition) is 4. The lowest BCUT2D eigenvalue weighted by atomic mass is 10.1. The summed E-state index contributed by atoms with van der Waals surface area (Å²) in [7, 11) is 0. The van der Waals surface area contributed by atoms with Crippen molar-refractivity contribution in [2.75, 3.05) is 13.1 Å². The molecule has 1 heterocycles. The molecule has 1 fully saturated rings. The Balaban J connectivity index is 0.000000262. The molecule has 0 aromatic rings. The van der Waals surface area contributed by atoms with Gasteiger partial charge >= 0.3 is 11.9 Å². The molecule has 0 aliphatic carbocycles. The van der Waals surface area contributed by atoms with E-state index in [4.69, 9.17) is 15.3 Å². The Labute approximate surface area is 87.9 Å². The van der Waals surface area contributed by atoms with Crippen LogP contribution in [0.4, 0.5) is 0 Å². The molecule has 0 spiro atoms. The van der Waals surface area contributed by atoms with Crippen LogP contribution in [0.3, 0.4) is 0 Å². The molecule has 0 radical (unpaired) electrons. The van der Waals surface area contributed by atoms with E-state index in [1.807, 2.05) is 0 Å². The minimum atomic E-state index is -1.08. The maximum Gasteiger partial charge on any atom is 0.303 e. The quantitative estimate of drug-likeness (QED) is 0.517. The highest BCUT2D eigenvalue weighted by Gasteiger charge is 2.06. The first-order valence-corrected chi connectivity index (χ1v) is 4.84. The van der Waals surface area contributed by atoms with Crippen LogP contribution in [0.25, 0.3) is 0 Å². The minimum Gasteiger partial charge on any atom is -0.481 e. The van der Waals surface area contributed by atoms with E-state index >= 15 is 0 Å². The van der Waals surface area contributed by atoms with Crippen molar-refractivity contribution in [2.45, 2.75) is 31.8 Å². The first kappa shape index (κ1) is 13.9. The summed E-state index contributed by atoms with van der Waals surface area (Å²) >= 11 is 0. The van der Waals surface area contributed by atoms with Crippen molar-refractivity contribution in [1.29, 1.82) is 0 Å². The van der Waals surface area contributed by atoms with Gasteiger partial charge in [0.2, 0.25) is 0 Å². The van der Waals surface area contributed by atoms with E-state index in [2.05, 4.69) is 5.32 Å². The van der Waals surface area contributed by atoms with E-state index in [9.17, 15) is 9.59 Å². The normalized spacial score (nSPS) is 16.3. The summed E-state index contributed by atoms with van der Waals surface area (Å²) < 4.78 is 0. The summed E-state index contributed by atoms with van der Waals surface area (Å²) in [5.41, 5.74) is 0. The summed E-state index contributed by atoms with van der Waals surface area (Å²) in [4.78, 5) is 19.3. The van der Waals surface area contributed by atoms with Crippen molar-refractivity contribution in [1.82, 2.24) is 5.32 Å². The maximum atomic E-state index is 9.64. The number of rotatable bonds is 3. The van der Waals surface area contributed by atoms with Crippen LogP contribution in [-0.2, 0) is 9.59 Å². The van der Waals surface area contributed by atoms with Gasteiger partial charge in [0.1, 0.15) is 0 Å². The number of hydrogen-bond donors (Lipinski definition) is 4. The molecule has 1 aliphatic heterocycles. The maximum absolute atomic E-state index is 9.64.